The molecule has 0 heterocycles. The summed E-state index contributed by atoms with van der Waals surface area (Å²) in [4.78, 5) is 0. The Labute approximate surface area is 135 Å². The predicted octanol–water partition coefficient (Wildman–Crippen LogP) is 4.88. The van der Waals surface area contributed by atoms with Crippen molar-refractivity contribution in [3.63, 3.8) is 0 Å². The molecule has 1 atom stereocenters. The van der Waals surface area contributed by atoms with Crippen LogP contribution in [0.5, 0.6) is 0 Å². The molecule has 0 spiro atoms. The number of hydrogen-bond donors (Lipinski definition) is 1. The highest BCUT2D eigenvalue weighted by Gasteiger charge is 2.11. The van der Waals surface area contributed by atoms with E-state index in [-0.39, 0.29) is 0 Å². The molecule has 0 aliphatic heterocycles. The average molecular weight is 312 g/mol. The number of rotatable bonds is 11. The number of hydrogen-bond acceptors (Lipinski definition) is 2. The molecule has 1 N–H and O–H groups in total. The van der Waals surface area contributed by atoms with Gasteiger partial charge in [0.15, 0.2) is 0 Å². The number of nitrogens with one attached hydrogen (secondary N) is 1. The van der Waals surface area contributed by atoms with Crippen LogP contribution >= 0.6 is 11.6 Å². The van der Waals surface area contributed by atoms with Crippen molar-refractivity contribution in [1.82, 2.24) is 5.32 Å². The maximum Gasteiger partial charge on any atom is 0.0472 e. The molecule has 0 fully saturated rings. The van der Waals surface area contributed by atoms with Gasteiger partial charge in [0.05, 0.1) is 0 Å². The van der Waals surface area contributed by atoms with Gasteiger partial charge in [0, 0.05) is 24.8 Å². The number of halogens is 1. The van der Waals surface area contributed by atoms with Gasteiger partial charge in [0.1, 0.15) is 0 Å². The van der Waals surface area contributed by atoms with Crippen molar-refractivity contribution in [1.29, 1.82) is 0 Å². The zero-order chi connectivity index (χ0) is 15.5. The summed E-state index contributed by atoms with van der Waals surface area (Å²) < 4.78 is 5.77. The predicted molar refractivity (Wildman–Crippen MR) is 92.2 cm³/mol. The highest BCUT2D eigenvalue weighted by atomic mass is 35.5. The molecule has 0 saturated heterocycles. The fourth-order valence-corrected chi connectivity index (χ4v) is 2.35. The monoisotopic (exact) mass is 311 g/mol. The summed E-state index contributed by atoms with van der Waals surface area (Å²) >= 11 is 5.98. The Balaban J connectivity index is 2.42. The first-order valence-corrected chi connectivity index (χ1v) is 8.55. The summed E-state index contributed by atoms with van der Waals surface area (Å²) in [5, 5.41) is 4.32. The topological polar surface area (TPSA) is 21.3 Å². The molecule has 2 nitrogen and oxygen atoms in total. The second-order valence-electron chi connectivity index (χ2n) is 6.04. The lowest BCUT2D eigenvalue weighted by Gasteiger charge is -2.18. The molecule has 1 aromatic rings. The van der Waals surface area contributed by atoms with Gasteiger partial charge < -0.3 is 10.1 Å². The van der Waals surface area contributed by atoms with Crippen LogP contribution in [0, 0.1) is 5.92 Å². The lowest BCUT2D eigenvalue weighted by atomic mass is 9.96. The first-order valence-electron chi connectivity index (χ1n) is 8.17. The third kappa shape index (κ3) is 8.45. The second-order valence-corrected chi connectivity index (χ2v) is 6.47. The Kier molecular flexibility index (Phi) is 9.73. The van der Waals surface area contributed by atoms with E-state index >= 15 is 0 Å². The minimum atomic E-state index is 0.493. The van der Waals surface area contributed by atoms with Crippen LogP contribution in [0.25, 0.3) is 0 Å². The van der Waals surface area contributed by atoms with Crippen LogP contribution in [0.3, 0.4) is 0 Å². The molecule has 1 unspecified atom stereocenters. The minimum Gasteiger partial charge on any atom is -0.381 e. The Morgan fingerprint density at radius 3 is 2.38 bits per heavy atom. The molecule has 0 bridgehead atoms. The van der Waals surface area contributed by atoms with E-state index in [1.807, 2.05) is 12.1 Å². The summed E-state index contributed by atoms with van der Waals surface area (Å²) in [6, 6.07) is 8.22. The van der Waals surface area contributed by atoms with Gasteiger partial charge in [-0.3, -0.25) is 0 Å². The van der Waals surface area contributed by atoms with Gasteiger partial charge in [0.25, 0.3) is 0 Å². The average Bonchev–Trinajstić information content (AvgIpc) is 2.46. The summed E-state index contributed by atoms with van der Waals surface area (Å²) in [5.41, 5.74) is 1.34. The molecule has 21 heavy (non-hydrogen) atoms. The molecule has 0 aromatic heterocycles. The van der Waals surface area contributed by atoms with E-state index < -0.39 is 0 Å². The third-order valence-corrected chi connectivity index (χ3v) is 3.86. The van der Waals surface area contributed by atoms with Crippen molar-refractivity contribution in [2.75, 3.05) is 26.3 Å². The van der Waals surface area contributed by atoms with Crippen LogP contribution in [-0.4, -0.2) is 26.3 Å². The van der Waals surface area contributed by atoms with Crippen LogP contribution in [0.15, 0.2) is 24.3 Å². The van der Waals surface area contributed by atoms with Crippen LogP contribution in [0.4, 0.5) is 0 Å². The maximum atomic E-state index is 5.98. The molecule has 0 amide bonds. The van der Waals surface area contributed by atoms with Gasteiger partial charge >= 0.3 is 0 Å². The second kappa shape index (κ2) is 11.1. The van der Waals surface area contributed by atoms with Crippen LogP contribution in [0.2, 0.25) is 5.02 Å². The lowest BCUT2D eigenvalue weighted by molar-refractivity contribution is 0.116. The largest absolute Gasteiger partial charge is 0.381 e. The molecule has 0 aliphatic rings. The number of benzene rings is 1. The highest BCUT2D eigenvalue weighted by Crippen LogP contribution is 2.21. The SMILES string of the molecule is CCCNCC(CCOCCC(C)C)c1ccc(Cl)cc1. The molecule has 1 aromatic carbocycles. The summed E-state index contributed by atoms with van der Waals surface area (Å²) in [7, 11) is 0. The van der Waals surface area contributed by atoms with Crippen molar-refractivity contribution in [3.05, 3.63) is 34.9 Å². The fourth-order valence-electron chi connectivity index (χ4n) is 2.22. The quantitative estimate of drug-likeness (QED) is 0.588. The normalized spacial score (nSPS) is 12.8. The molecule has 120 valence electrons. The minimum absolute atomic E-state index is 0.493. The summed E-state index contributed by atoms with van der Waals surface area (Å²) in [6.45, 7) is 10.4. The Morgan fingerprint density at radius 2 is 1.76 bits per heavy atom. The summed E-state index contributed by atoms with van der Waals surface area (Å²) in [6.07, 6.45) is 3.36. The maximum absolute atomic E-state index is 5.98. The molecule has 3 heteroatoms. The van der Waals surface area contributed by atoms with E-state index in [4.69, 9.17) is 16.3 Å². The van der Waals surface area contributed by atoms with Crippen LogP contribution < -0.4 is 5.32 Å². The highest BCUT2D eigenvalue weighted by molar-refractivity contribution is 6.30. The molecule has 0 saturated carbocycles. The van der Waals surface area contributed by atoms with E-state index in [1.165, 1.54) is 5.56 Å². The van der Waals surface area contributed by atoms with E-state index in [0.29, 0.717) is 11.8 Å². The number of ether oxygens (including phenoxy) is 1. The first kappa shape index (κ1) is 18.5. The van der Waals surface area contributed by atoms with Gasteiger partial charge in [-0.1, -0.05) is 44.5 Å². The Bertz CT molecular complexity index is 364. The standard InChI is InChI=1S/C18H30ClNO/c1-4-11-20-14-17(10-13-21-12-9-15(2)3)16-5-7-18(19)8-6-16/h5-8,15,17,20H,4,9-14H2,1-3H3. The lowest BCUT2D eigenvalue weighted by Crippen LogP contribution is -2.23. The fraction of sp³-hybridized carbons (Fsp3) is 0.667. The van der Waals surface area contributed by atoms with Gasteiger partial charge in [0.2, 0.25) is 0 Å². The van der Waals surface area contributed by atoms with Gasteiger partial charge in [-0.05, 0) is 55.3 Å². The molecule has 0 aliphatic carbocycles. The van der Waals surface area contributed by atoms with E-state index in [2.05, 4.69) is 38.2 Å². The zero-order valence-electron chi connectivity index (χ0n) is 13.7. The zero-order valence-corrected chi connectivity index (χ0v) is 14.5. The summed E-state index contributed by atoms with van der Waals surface area (Å²) in [5.74, 6) is 1.20. The Hall–Kier alpha value is -0.570. The molecule has 0 radical (unpaired) electrons. The third-order valence-electron chi connectivity index (χ3n) is 3.61. The van der Waals surface area contributed by atoms with Crippen LogP contribution in [0.1, 0.15) is 51.5 Å². The van der Waals surface area contributed by atoms with Gasteiger partial charge in [-0.2, -0.15) is 0 Å². The first-order chi connectivity index (χ1) is 10.1. The molecule has 1 rings (SSSR count). The smallest absolute Gasteiger partial charge is 0.0472 e. The van der Waals surface area contributed by atoms with Crippen LogP contribution in [-0.2, 0) is 4.74 Å². The Morgan fingerprint density at radius 1 is 1.10 bits per heavy atom. The molecular weight excluding hydrogens is 282 g/mol. The van der Waals surface area contributed by atoms with E-state index in [0.717, 1.165) is 50.6 Å². The van der Waals surface area contributed by atoms with Gasteiger partial charge in [-0.25, -0.2) is 0 Å². The van der Waals surface area contributed by atoms with Crippen molar-refractivity contribution in [3.8, 4) is 0 Å². The van der Waals surface area contributed by atoms with Crippen molar-refractivity contribution >= 4 is 11.6 Å². The van der Waals surface area contributed by atoms with E-state index in [9.17, 15) is 0 Å². The van der Waals surface area contributed by atoms with Crippen molar-refractivity contribution < 1.29 is 4.74 Å². The van der Waals surface area contributed by atoms with E-state index in [1.54, 1.807) is 0 Å². The van der Waals surface area contributed by atoms with Crippen molar-refractivity contribution in [2.24, 2.45) is 5.92 Å². The van der Waals surface area contributed by atoms with Gasteiger partial charge in [-0.15, -0.1) is 0 Å². The van der Waals surface area contributed by atoms with Crippen molar-refractivity contribution in [2.45, 2.75) is 46.0 Å². The molecular formula is C18H30ClNO.